The van der Waals surface area contributed by atoms with Gasteiger partial charge in [-0.1, -0.05) is 60.7 Å². The van der Waals surface area contributed by atoms with Crippen LogP contribution in [0.4, 0.5) is 0 Å². The second-order valence-electron chi connectivity index (χ2n) is 7.07. The fourth-order valence-corrected chi connectivity index (χ4v) is 4.10. The van der Waals surface area contributed by atoms with Crippen molar-refractivity contribution >= 4 is 43.9 Å². The SMILES string of the molecule is Cc1ccc2c(c1)oc1c(-c3ccccc3)c3c(cc12)oc1ccccc13. The van der Waals surface area contributed by atoms with Gasteiger partial charge in [0.05, 0.1) is 0 Å². The highest BCUT2D eigenvalue weighted by Gasteiger charge is 2.20. The molecule has 2 heterocycles. The smallest absolute Gasteiger partial charge is 0.144 e. The molecule has 0 bridgehead atoms. The van der Waals surface area contributed by atoms with Crippen molar-refractivity contribution in [1.82, 2.24) is 0 Å². The van der Waals surface area contributed by atoms with E-state index in [-0.39, 0.29) is 0 Å². The molecule has 27 heavy (non-hydrogen) atoms. The lowest BCUT2D eigenvalue weighted by Gasteiger charge is -2.05. The van der Waals surface area contributed by atoms with E-state index in [1.165, 1.54) is 5.56 Å². The summed E-state index contributed by atoms with van der Waals surface area (Å²) < 4.78 is 12.6. The van der Waals surface area contributed by atoms with Crippen molar-refractivity contribution in [2.24, 2.45) is 0 Å². The number of hydrogen-bond donors (Lipinski definition) is 0. The standard InChI is InChI=1S/C25H16O2/c1-15-11-12-17-19-14-22-24(18-9-5-6-10-20(18)26-22)23(16-7-3-2-4-8-16)25(19)27-21(17)13-15/h2-14H,1H3. The molecule has 0 saturated carbocycles. The van der Waals surface area contributed by atoms with Gasteiger partial charge >= 0.3 is 0 Å². The summed E-state index contributed by atoms with van der Waals surface area (Å²) >= 11 is 0. The number of para-hydroxylation sites is 1. The van der Waals surface area contributed by atoms with Crippen molar-refractivity contribution in [3.63, 3.8) is 0 Å². The van der Waals surface area contributed by atoms with Gasteiger partial charge in [0.15, 0.2) is 0 Å². The molecule has 0 radical (unpaired) electrons. The van der Waals surface area contributed by atoms with E-state index in [9.17, 15) is 0 Å². The fraction of sp³-hybridized carbons (Fsp3) is 0.0400. The van der Waals surface area contributed by atoms with Gasteiger partial charge in [0, 0.05) is 27.1 Å². The molecule has 4 aromatic carbocycles. The third-order valence-corrected chi connectivity index (χ3v) is 5.32. The molecule has 0 unspecified atom stereocenters. The highest BCUT2D eigenvalue weighted by molar-refractivity contribution is 6.23. The summed E-state index contributed by atoms with van der Waals surface area (Å²) in [6.45, 7) is 2.09. The first-order valence-electron chi connectivity index (χ1n) is 9.12. The molecule has 0 saturated heterocycles. The second kappa shape index (κ2) is 5.24. The summed E-state index contributed by atoms with van der Waals surface area (Å²) in [7, 11) is 0. The van der Waals surface area contributed by atoms with Crippen LogP contribution in [0, 0.1) is 6.92 Å². The number of rotatable bonds is 1. The van der Waals surface area contributed by atoms with Crippen LogP contribution in [0.3, 0.4) is 0 Å². The lowest BCUT2D eigenvalue weighted by molar-refractivity contribution is 0.664. The van der Waals surface area contributed by atoms with Gasteiger partial charge < -0.3 is 8.83 Å². The zero-order valence-corrected chi connectivity index (χ0v) is 14.8. The number of aryl methyl sites for hydroxylation is 1. The van der Waals surface area contributed by atoms with Crippen LogP contribution in [0.2, 0.25) is 0 Å². The van der Waals surface area contributed by atoms with E-state index in [0.717, 1.165) is 55.0 Å². The molecular formula is C25H16O2. The van der Waals surface area contributed by atoms with Gasteiger partial charge in [-0.05, 0) is 36.2 Å². The first-order valence-corrected chi connectivity index (χ1v) is 9.12. The molecule has 6 rings (SSSR count). The van der Waals surface area contributed by atoms with E-state index in [1.54, 1.807) is 0 Å². The highest BCUT2D eigenvalue weighted by atomic mass is 16.3. The quantitative estimate of drug-likeness (QED) is 0.308. The Kier molecular flexibility index (Phi) is 2.84. The molecule has 2 heteroatoms. The van der Waals surface area contributed by atoms with Gasteiger partial charge in [-0.25, -0.2) is 0 Å². The molecule has 0 aliphatic rings. The van der Waals surface area contributed by atoms with Crippen molar-refractivity contribution in [2.45, 2.75) is 6.92 Å². The number of benzene rings is 4. The van der Waals surface area contributed by atoms with Crippen molar-refractivity contribution in [3.8, 4) is 11.1 Å². The van der Waals surface area contributed by atoms with Crippen LogP contribution in [0.1, 0.15) is 5.56 Å². The number of hydrogen-bond acceptors (Lipinski definition) is 2. The maximum Gasteiger partial charge on any atom is 0.144 e. The van der Waals surface area contributed by atoms with Gasteiger partial charge in [-0.15, -0.1) is 0 Å². The van der Waals surface area contributed by atoms with Crippen molar-refractivity contribution in [1.29, 1.82) is 0 Å². The predicted molar refractivity (Wildman–Crippen MR) is 111 cm³/mol. The third-order valence-electron chi connectivity index (χ3n) is 5.32. The van der Waals surface area contributed by atoms with E-state index >= 15 is 0 Å². The zero-order chi connectivity index (χ0) is 18.0. The average molecular weight is 348 g/mol. The Balaban J connectivity index is 1.91. The molecule has 0 spiro atoms. The Morgan fingerprint density at radius 3 is 2.30 bits per heavy atom. The van der Waals surface area contributed by atoms with Crippen molar-refractivity contribution in [2.75, 3.05) is 0 Å². The monoisotopic (exact) mass is 348 g/mol. The average Bonchev–Trinajstić information content (AvgIpc) is 3.24. The van der Waals surface area contributed by atoms with E-state index in [4.69, 9.17) is 8.83 Å². The van der Waals surface area contributed by atoms with Crippen LogP contribution in [-0.2, 0) is 0 Å². The lowest BCUT2D eigenvalue weighted by atomic mass is 9.96. The van der Waals surface area contributed by atoms with E-state index in [1.807, 2.05) is 18.2 Å². The van der Waals surface area contributed by atoms with Gasteiger partial charge in [0.25, 0.3) is 0 Å². The zero-order valence-electron chi connectivity index (χ0n) is 14.8. The summed E-state index contributed by atoms with van der Waals surface area (Å²) in [5.41, 5.74) is 7.05. The van der Waals surface area contributed by atoms with Gasteiger partial charge in [0.2, 0.25) is 0 Å². The lowest BCUT2D eigenvalue weighted by Crippen LogP contribution is -1.81. The largest absolute Gasteiger partial charge is 0.456 e. The van der Waals surface area contributed by atoms with Crippen molar-refractivity contribution < 1.29 is 8.83 Å². The maximum absolute atomic E-state index is 6.40. The van der Waals surface area contributed by atoms with E-state index in [0.29, 0.717) is 0 Å². The normalized spacial score (nSPS) is 11.9. The minimum absolute atomic E-state index is 0.894. The molecule has 0 N–H and O–H groups in total. The maximum atomic E-state index is 6.40. The first kappa shape index (κ1) is 14.6. The number of fused-ring (bicyclic) bond motifs is 6. The topological polar surface area (TPSA) is 26.3 Å². The third kappa shape index (κ3) is 2.01. The highest BCUT2D eigenvalue weighted by Crippen LogP contribution is 2.44. The molecule has 2 nitrogen and oxygen atoms in total. The molecule has 0 fully saturated rings. The van der Waals surface area contributed by atoms with Crippen LogP contribution in [0.15, 0.2) is 87.7 Å². The van der Waals surface area contributed by atoms with Gasteiger partial charge in [-0.2, -0.15) is 0 Å². The van der Waals surface area contributed by atoms with Crippen molar-refractivity contribution in [3.05, 3.63) is 84.4 Å². The molecule has 2 aromatic heterocycles. The summed E-state index contributed by atoms with van der Waals surface area (Å²) in [4.78, 5) is 0. The molecule has 0 atom stereocenters. The Morgan fingerprint density at radius 2 is 1.41 bits per heavy atom. The minimum atomic E-state index is 0.894. The molecule has 128 valence electrons. The predicted octanol–water partition coefficient (Wildman–Crippen LogP) is 7.46. The van der Waals surface area contributed by atoms with Crippen LogP contribution >= 0.6 is 0 Å². The second-order valence-corrected chi connectivity index (χ2v) is 7.07. The fourth-order valence-electron chi connectivity index (χ4n) is 4.10. The van der Waals surface area contributed by atoms with Crippen LogP contribution in [0.5, 0.6) is 0 Å². The van der Waals surface area contributed by atoms with E-state index < -0.39 is 0 Å². The van der Waals surface area contributed by atoms with E-state index in [2.05, 4.69) is 67.6 Å². The molecule has 0 amide bonds. The summed E-state index contributed by atoms with van der Waals surface area (Å²) in [6.07, 6.45) is 0. The summed E-state index contributed by atoms with van der Waals surface area (Å²) in [6, 6.07) is 27.1. The van der Waals surface area contributed by atoms with Crippen LogP contribution in [-0.4, -0.2) is 0 Å². The molecular weight excluding hydrogens is 332 g/mol. The van der Waals surface area contributed by atoms with Crippen LogP contribution in [0.25, 0.3) is 55.0 Å². The molecule has 0 aliphatic heterocycles. The first-order chi connectivity index (χ1) is 13.3. The molecule has 0 aliphatic carbocycles. The minimum Gasteiger partial charge on any atom is -0.456 e. The summed E-state index contributed by atoms with van der Waals surface area (Å²) in [5.74, 6) is 0. The Hall–Kier alpha value is -3.52. The van der Waals surface area contributed by atoms with Gasteiger partial charge in [0.1, 0.15) is 22.3 Å². The summed E-state index contributed by atoms with van der Waals surface area (Å²) in [5, 5.41) is 4.44. The van der Waals surface area contributed by atoms with Crippen LogP contribution < -0.4 is 0 Å². The number of furan rings is 2. The Bertz CT molecular complexity index is 1470. The Labute approximate surface area is 155 Å². The van der Waals surface area contributed by atoms with Gasteiger partial charge in [-0.3, -0.25) is 0 Å². The molecule has 6 aromatic rings. The Morgan fingerprint density at radius 1 is 0.593 bits per heavy atom.